The second-order valence-corrected chi connectivity index (χ2v) is 4.51. The predicted molar refractivity (Wildman–Crippen MR) is 67.0 cm³/mol. The second-order valence-electron chi connectivity index (χ2n) is 4.51. The maximum absolute atomic E-state index is 13.6. The van der Waals surface area contributed by atoms with Gasteiger partial charge in [0.05, 0.1) is 6.04 Å². The van der Waals surface area contributed by atoms with E-state index in [-0.39, 0.29) is 11.5 Å². The molecule has 0 aromatic heterocycles. The summed E-state index contributed by atoms with van der Waals surface area (Å²) in [7, 11) is 1.57. The van der Waals surface area contributed by atoms with E-state index in [1.807, 2.05) is 0 Å². The van der Waals surface area contributed by atoms with Crippen LogP contribution < -0.4 is 0 Å². The van der Waals surface area contributed by atoms with Crippen molar-refractivity contribution in [2.24, 2.45) is 0 Å². The minimum Gasteiger partial charge on any atom is -0.335 e. The molecule has 0 heterocycles. The average molecular weight is 253 g/mol. The van der Waals surface area contributed by atoms with E-state index in [0.29, 0.717) is 0 Å². The van der Waals surface area contributed by atoms with Gasteiger partial charge in [-0.3, -0.25) is 4.79 Å². The van der Waals surface area contributed by atoms with Crippen molar-refractivity contribution in [3.63, 3.8) is 0 Å². The Morgan fingerprint density at radius 2 is 1.94 bits per heavy atom. The van der Waals surface area contributed by atoms with E-state index in [2.05, 4.69) is 0 Å². The van der Waals surface area contributed by atoms with Crippen LogP contribution in [-0.2, 0) is 4.79 Å². The highest BCUT2D eigenvalue weighted by Crippen LogP contribution is 2.23. The fourth-order valence-corrected chi connectivity index (χ4v) is 1.58. The number of hydrogen-bond donors (Lipinski definition) is 0. The van der Waals surface area contributed by atoms with Crippen molar-refractivity contribution in [3.05, 3.63) is 47.0 Å². The van der Waals surface area contributed by atoms with Crippen molar-refractivity contribution in [2.45, 2.75) is 26.8 Å². The first-order valence-electron chi connectivity index (χ1n) is 5.69. The average Bonchev–Trinajstić information content (AvgIpc) is 2.29. The molecule has 0 aliphatic heterocycles. The number of hydrogen-bond acceptors (Lipinski definition) is 1. The molecule has 1 atom stereocenters. The SMILES string of the molecule is CC(C)=CC(=O)N(C)C(C)c1cc(F)ccc1F. The van der Waals surface area contributed by atoms with Gasteiger partial charge in [-0.05, 0) is 39.0 Å². The van der Waals surface area contributed by atoms with Gasteiger partial charge in [0.1, 0.15) is 11.6 Å². The molecule has 0 fully saturated rings. The van der Waals surface area contributed by atoms with Crippen LogP contribution in [0.2, 0.25) is 0 Å². The van der Waals surface area contributed by atoms with Crippen LogP contribution in [0, 0.1) is 11.6 Å². The third kappa shape index (κ3) is 3.39. The van der Waals surface area contributed by atoms with Gasteiger partial charge >= 0.3 is 0 Å². The molecule has 1 unspecified atom stereocenters. The van der Waals surface area contributed by atoms with E-state index in [1.165, 1.54) is 11.0 Å². The summed E-state index contributed by atoms with van der Waals surface area (Å²) in [6.07, 6.45) is 1.47. The number of halogens is 2. The molecule has 0 aliphatic rings. The van der Waals surface area contributed by atoms with E-state index >= 15 is 0 Å². The summed E-state index contributed by atoms with van der Waals surface area (Å²) in [4.78, 5) is 13.2. The van der Waals surface area contributed by atoms with Crippen molar-refractivity contribution >= 4 is 5.91 Å². The molecule has 1 rings (SSSR count). The predicted octanol–water partition coefficient (Wildman–Crippen LogP) is 3.45. The minimum atomic E-state index is -0.524. The number of rotatable bonds is 3. The molecule has 18 heavy (non-hydrogen) atoms. The highest BCUT2D eigenvalue weighted by molar-refractivity contribution is 5.88. The zero-order chi connectivity index (χ0) is 13.9. The largest absolute Gasteiger partial charge is 0.335 e. The Bertz CT molecular complexity index is 479. The first-order valence-corrected chi connectivity index (χ1v) is 5.69. The van der Waals surface area contributed by atoms with Gasteiger partial charge in [-0.15, -0.1) is 0 Å². The van der Waals surface area contributed by atoms with Crippen molar-refractivity contribution in [2.75, 3.05) is 7.05 Å². The molecular weight excluding hydrogens is 236 g/mol. The fourth-order valence-electron chi connectivity index (χ4n) is 1.58. The Hall–Kier alpha value is -1.71. The monoisotopic (exact) mass is 253 g/mol. The minimum absolute atomic E-state index is 0.174. The maximum Gasteiger partial charge on any atom is 0.246 e. The molecule has 0 N–H and O–H groups in total. The first kappa shape index (κ1) is 14.4. The lowest BCUT2D eigenvalue weighted by Gasteiger charge is -2.24. The maximum atomic E-state index is 13.6. The molecule has 1 amide bonds. The molecule has 1 aromatic rings. The second kappa shape index (κ2) is 5.76. The quantitative estimate of drug-likeness (QED) is 0.755. The normalized spacial score (nSPS) is 11.9. The van der Waals surface area contributed by atoms with Crippen LogP contribution in [0.4, 0.5) is 8.78 Å². The number of likely N-dealkylation sites (N-methyl/N-ethyl adjacent to an activating group) is 1. The summed E-state index contributed by atoms with van der Waals surface area (Å²) in [5.41, 5.74) is 1.03. The van der Waals surface area contributed by atoms with Crippen LogP contribution in [0.3, 0.4) is 0 Å². The van der Waals surface area contributed by atoms with Gasteiger partial charge in [0, 0.05) is 18.7 Å². The van der Waals surface area contributed by atoms with Crippen LogP contribution in [0.25, 0.3) is 0 Å². The summed E-state index contributed by atoms with van der Waals surface area (Å²) >= 11 is 0. The topological polar surface area (TPSA) is 20.3 Å². The molecule has 0 saturated carbocycles. The molecular formula is C14H17F2NO. The molecule has 4 heteroatoms. The van der Waals surface area contributed by atoms with Gasteiger partial charge in [0.15, 0.2) is 0 Å². The number of amides is 1. The number of benzene rings is 1. The Labute approximate surface area is 106 Å². The van der Waals surface area contributed by atoms with Gasteiger partial charge in [-0.1, -0.05) is 5.57 Å². The molecule has 0 saturated heterocycles. The Kier molecular flexibility index (Phi) is 4.59. The number of carbonyl (C=O) groups is 1. The number of carbonyl (C=O) groups excluding carboxylic acids is 1. The number of allylic oxidation sites excluding steroid dienone is 1. The zero-order valence-corrected chi connectivity index (χ0v) is 11.0. The van der Waals surface area contributed by atoms with Crippen LogP contribution in [0.15, 0.2) is 29.8 Å². The molecule has 2 nitrogen and oxygen atoms in total. The lowest BCUT2D eigenvalue weighted by molar-refractivity contribution is -0.126. The highest BCUT2D eigenvalue weighted by atomic mass is 19.1. The summed E-state index contributed by atoms with van der Waals surface area (Å²) < 4.78 is 26.7. The van der Waals surface area contributed by atoms with E-state index in [4.69, 9.17) is 0 Å². The van der Waals surface area contributed by atoms with E-state index in [9.17, 15) is 13.6 Å². The van der Waals surface area contributed by atoms with E-state index < -0.39 is 17.7 Å². The summed E-state index contributed by atoms with van der Waals surface area (Å²) in [6.45, 7) is 5.27. The van der Waals surface area contributed by atoms with Crippen LogP contribution >= 0.6 is 0 Å². The van der Waals surface area contributed by atoms with Crippen LogP contribution in [-0.4, -0.2) is 17.9 Å². The van der Waals surface area contributed by atoms with Crippen LogP contribution in [0.5, 0.6) is 0 Å². The molecule has 0 radical (unpaired) electrons. The molecule has 1 aromatic carbocycles. The fraction of sp³-hybridized carbons (Fsp3) is 0.357. The van der Waals surface area contributed by atoms with Crippen LogP contribution in [0.1, 0.15) is 32.4 Å². The number of nitrogens with zero attached hydrogens (tertiary/aromatic N) is 1. The Morgan fingerprint density at radius 1 is 1.33 bits per heavy atom. The van der Waals surface area contributed by atoms with Crippen molar-refractivity contribution in [3.8, 4) is 0 Å². The summed E-state index contributed by atoms with van der Waals surface area (Å²) in [5, 5.41) is 0. The standard InChI is InChI=1S/C14H17F2NO/c1-9(2)7-14(18)17(4)10(3)12-8-11(15)5-6-13(12)16/h5-8,10H,1-4H3. The summed E-state index contributed by atoms with van der Waals surface area (Å²) in [6, 6.07) is 2.72. The van der Waals surface area contributed by atoms with Gasteiger partial charge in [-0.25, -0.2) is 8.78 Å². The van der Waals surface area contributed by atoms with Crippen molar-refractivity contribution in [1.82, 2.24) is 4.90 Å². The zero-order valence-electron chi connectivity index (χ0n) is 11.0. The van der Waals surface area contributed by atoms with E-state index in [1.54, 1.807) is 27.8 Å². The summed E-state index contributed by atoms with van der Waals surface area (Å²) in [5.74, 6) is -1.26. The smallest absolute Gasteiger partial charge is 0.246 e. The Morgan fingerprint density at radius 3 is 2.50 bits per heavy atom. The van der Waals surface area contributed by atoms with Gasteiger partial charge < -0.3 is 4.90 Å². The van der Waals surface area contributed by atoms with Crippen molar-refractivity contribution in [1.29, 1.82) is 0 Å². The molecule has 0 aliphatic carbocycles. The van der Waals surface area contributed by atoms with Crippen molar-refractivity contribution < 1.29 is 13.6 Å². The highest BCUT2D eigenvalue weighted by Gasteiger charge is 2.19. The lowest BCUT2D eigenvalue weighted by atomic mass is 10.1. The van der Waals surface area contributed by atoms with Gasteiger partial charge in [0.2, 0.25) is 5.91 Å². The van der Waals surface area contributed by atoms with Gasteiger partial charge in [0.25, 0.3) is 0 Å². The van der Waals surface area contributed by atoms with E-state index in [0.717, 1.165) is 23.8 Å². The lowest BCUT2D eigenvalue weighted by Crippen LogP contribution is -2.28. The first-order chi connectivity index (χ1) is 8.32. The third-order valence-corrected chi connectivity index (χ3v) is 2.75. The van der Waals surface area contributed by atoms with Gasteiger partial charge in [-0.2, -0.15) is 0 Å². The third-order valence-electron chi connectivity index (χ3n) is 2.75. The molecule has 0 spiro atoms. The molecule has 98 valence electrons. The Balaban J connectivity index is 2.99. The molecule has 0 bridgehead atoms.